The molecule has 0 spiro atoms. The molecule has 0 aliphatic carbocycles. The van der Waals surface area contributed by atoms with Gasteiger partial charge in [0, 0.05) is 6.54 Å². The molecular formula is C20H17N5O. The van der Waals surface area contributed by atoms with Crippen molar-refractivity contribution in [1.82, 2.24) is 19.7 Å². The van der Waals surface area contributed by atoms with E-state index in [1.165, 1.54) is 5.56 Å². The third-order valence-electron chi connectivity index (χ3n) is 4.90. The van der Waals surface area contributed by atoms with Crippen molar-refractivity contribution in [3.05, 3.63) is 82.8 Å². The maximum absolute atomic E-state index is 12.6. The molecule has 128 valence electrons. The van der Waals surface area contributed by atoms with Crippen LogP contribution in [0.2, 0.25) is 0 Å². The molecule has 4 aromatic rings. The third-order valence-corrected chi connectivity index (χ3v) is 4.90. The van der Waals surface area contributed by atoms with Crippen LogP contribution >= 0.6 is 0 Å². The number of nitrogens with zero attached hydrogens (tertiary/aromatic N) is 4. The Morgan fingerprint density at radius 1 is 1.00 bits per heavy atom. The Kier molecular flexibility index (Phi) is 3.35. The Balaban J connectivity index is 1.60. The number of aromatic nitrogens is 4. The summed E-state index contributed by atoms with van der Waals surface area (Å²) in [7, 11) is 0. The summed E-state index contributed by atoms with van der Waals surface area (Å²) in [6.45, 7) is 0.869. The molecule has 6 heteroatoms. The second-order valence-corrected chi connectivity index (χ2v) is 6.43. The number of nitrogens with one attached hydrogen (secondary N) is 1. The van der Waals surface area contributed by atoms with E-state index in [0.717, 1.165) is 18.7 Å². The van der Waals surface area contributed by atoms with Crippen molar-refractivity contribution in [3.8, 4) is 5.69 Å². The van der Waals surface area contributed by atoms with Gasteiger partial charge in [-0.2, -0.15) is 10.1 Å². The summed E-state index contributed by atoms with van der Waals surface area (Å²) in [4.78, 5) is 22.4. The summed E-state index contributed by atoms with van der Waals surface area (Å²) >= 11 is 0. The second kappa shape index (κ2) is 5.84. The van der Waals surface area contributed by atoms with Crippen molar-refractivity contribution >= 4 is 17.0 Å². The van der Waals surface area contributed by atoms with E-state index in [2.05, 4.69) is 27.1 Å². The van der Waals surface area contributed by atoms with Gasteiger partial charge in [0.25, 0.3) is 5.56 Å². The lowest BCUT2D eigenvalue weighted by atomic mass is 9.95. The standard InChI is InChI=1S/C20H17N5O/c26-19-16-13-21-25(15-9-5-2-6-10-15)18(16)22-20(23-19)24-12-11-17(24)14-7-3-1-4-8-14/h1-10,13,17H,11-12H2,(H,22,23,26). The molecule has 5 rings (SSSR count). The molecule has 6 nitrogen and oxygen atoms in total. The van der Waals surface area contributed by atoms with Crippen molar-refractivity contribution in [1.29, 1.82) is 0 Å². The van der Waals surface area contributed by atoms with E-state index in [-0.39, 0.29) is 11.6 Å². The number of para-hydroxylation sites is 1. The van der Waals surface area contributed by atoms with Crippen molar-refractivity contribution in [3.63, 3.8) is 0 Å². The summed E-state index contributed by atoms with van der Waals surface area (Å²) in [6, 6.07) is 20.3. The zero-order chi connectivity index (χ0) is 17.5. The van der Waals surface area contributed by atoms with Crippen LogP contribution in [-0.4, -0.2) is 26.3 Å². The molecule has 0 bridgehead atoms. The van der Waals surface area contributed by atoms with Crippen LogP contribution in [-0.2, 0) is 0 Å². The summed E-state index contributed by atoms with van der Waals surface area (Å²) in [5.41, 5.74) is 2.53. The first-order chi connectivity index (χ1) is 12.8. The largest absolute Gasteiger partial charge is 0.335 e. The zero-order valence-corrected chi connectivity index (χ0v) is 14.0. The molecule has 1 aliphatic heterocycles. The summed E-state index contributed by atoms with van der Waals surface area (Å²) in [6.07, 6.45) is 2.62. The average Bonchev–Trinajstić information content (AvgIpc) is 3.07. The van der Waals surface area contributed by atoms with Gasteiger partial charge in [0.15, 0.2) is 5.65 Å². The highest BCUT2D eigenvalue weighted by Gasteiger charge is 2.31. The fraction of sp³-hybridized carbons (Fsp3) is 0.150. The molecule has 2 aromatic heterocycles. The van der Waals surface area contributed by atoms with Gasteiger partial charge < -0.3 is 4.90 Å². The SMILES string of the molecule is O=c1[nH]c(N2CCC2c2ccccc2)nc2c1cnn2-c1ccccc1. The predicted molar refractivity (Wildman–Crippen MR) is 101 cm³/mol. The normalized spacial score (nSPS) is 16.6. The lowest BCUT2D eigenvalue weighted by Gasteiger charge is -2.41. The topological polar surface area (TPSA) is 66.8 Å². The second-order valence-electron chi connectivity index (χ2n) is 6.43. The first kappa shape index (κ1) is 14.9. The Morgan fingerprint density at radius 2 is 1.73 bits per heavy atom. The van der Waals surface area contributed by atoms with Gasteiger partial charge in [-0.05, 0) is 24.1 Å². The maximum atomic E-state index is 12.6. The molecule has 1 atom stereocenters. The van der Waals surface area contributed by atoms with Crippen molar-refractivity contribution in [2.45, 2.75) is 12.5 Å². The smallest absolute Gasteiger partial charge is 0.263 e. The number of aromatic amines is 1. The number of rotatable bonds is 3. The highest BCUT2D eigenvalue weighted by Crippen LogP contribution is 2.35. The molecule has 1 aliphatic rings. The lowest BCUT2D eigenvalue weighted by Crippen LogP contribution is -2.42. The number of hydrogen-bond acceptors (Lipinski definition) is 4. The van der Waals surface area contributed by atoms with Gasteiger partial charge in [0.05, 0.1) is 17.9 Å². The molecule has 26 heavy (non-hydrogen) atoms. The van der Waals surface area contributed by atoms with Gasteiger partial charge in [-0.3, -0.25) is 9.78 Å². The minimum atomic E-state index is -0.161. The Hall–Kier alpha value is -3.41. The molecule has 3 heterocycles. The van der Waals surface area contributed by atoms with Crippen LogP contribution in [0.4, 0.5) is 5.95 Å². The van der Waals surface area contributed by atoms with Gasteiger partial charge in [-0.15, -0.1) is 0 Å². The number of benzene rings is 2. The number of H-pyrrole nitrogens is 1. The van der Waals surface area contributed by atoms with E-state index in [9.17, 15) is 4.79 Å². The molecule has 1 N–H and O–H groups in total. The van der Waals surface area contributed by atoms with E-state index in [1.807, 2.05) is 48.5 Å². The maximum Gasteiger partial charge on any atom is 0.263 e. The predicted octanol–water partition coefficient (Wildman–Crippen LogP) is 3.06. The van der Waals surface area contributed by atoms with Crippen molar-refractivity contribution in [2.75, 3.05) is 11.4 Å². The Bertz CT molecular complexity index is 1120. The summed E-state index contributed by atoms with van der Waals surface area (Å²) in [5.74, 6) is 0.597. The molecule has 0 amide bonds. The van der Waals surface area contributed by atoms with Crippen LogP contribution in [0.15, 0.2) is 71.7 Å². The monoisotopic (exact) mass is 343 g/mol. The number of anilines is 1. The van der Waals surface area contributed by atoms with Gasteiger partial charge in [0.1, 0.15) is 5.39 Å². The van der Waals surface area contributed by atoms with Gasteiger partial charge in [0.2, 0.25) is 5.95 Å². The van der Waals surface area contributed by atoms with E-state index in [1.54, 1.807) is 10.9 Å². The van der Waals surface area contributed by atoms with Gasteiger partial charge in [-0.25, -0.2) is 4.68 Å². The lowest BCUT2D eigenvalue weighted by molar-refractivity contribution is 0.455. The van der Waals surface area contributed by atoms with Crippen LogP contribution in [0.3, 0.4) is 0 Å². The van der Waals surface area contributed by atoms with Gasteiger partial charge in [-0.1, -0.05) is 48.5 Å². The number of fused-ring (bicyclic) bond motifs is 1. The van der Waals surface area contributed by atoms with E-state index in [0.29, 0.717) is 17.0 Å². The third kappa shape index (κ3) is 2.30. The average molecular weight is 343 g/mol. The molecule has 1 saturated heterocycles. The molecule has 1 fully saturated rings. The first-order valence-corrected chi connectivity index (χ1v) is 8.66. The van der Waals surface area contributed by atoms with Crippen LogP contribution in [0.1, 0.15) is 18.0 Å². The fourth-order valence-corrected chi connectivity index (χ4v) is 3.46. The first-order valence-electron chi connectivity index (χ1n) is 8.66. The zero-order valence-electron chi connectivity index (χ0n) is 14.0. The molecule has 1 unspecified atom stereocenters. The van der Waals surface area contributed by atoms with Crippen molar-refractivity contribution in [2.24, 2.45) is 0 Å². The van der Waals surface area contributed by atoms with Crippen LogP contribution in [0, 0.1) is 0 Å². The van der Waals surface area contributed by atoms with Crippen molar-refractivity contribution < 1.29 is 0 Å². The van der Waals surface area contributed by atoms with E-state index < -0.39 is 0 Å². The Labute approximate surface area is 149 Å². The molecule has 0 radical (unpaired) electrons. The van der Waals surface area contributed by atoms with E-state index in [4.69, 9.17) is 4.98 Å². The molecular weight excluding hydrogens is 326 g/mol. The van der Waals surface area contributed by atoms with Crippen LogP contribution in [0.25, 0.3) is 16.7 Å². The highest BCUT2D eigenvalue weighted by atomic mass is 16.1. The fourth-order valence-electron chi connectivity index (χ4n) is 3.46. The van der Waals surface area contributed by atoms with Crippen LogP contribution < -0.4 is 10.5 Å². The summed E-state index contributed by atoms with van der Waals surface area (Å²) in [5, 5.41) is 4.86. The summed E-state index contributed by atoms with van der Waals surface area (Å²) < 4.78 is 1.71. The minimum absolute atomic E-state index is 0.161. The number of hydrogen-bond donors (Lipinski definition) is 1. The van der Waals surface area contributed by atoms with Gasteiger partial charge >= 0.3 is 0 Å². The molecule has 2 aromatic carbocycles. The molecule has 0 saturated carbocycles. The highest BCUT2D eigenvalue weighted by molar-refractivity contribution is 5.76. The van der Waals surface area contributed by atoms with E-state index >= 15 is 0 Å². The van der Waals surface area contributed by atoms with Crippen LogP contribution in [0.5, 0.6) is 0 Å². The quantitative estimate of drug-likeness (QED) is 0.621. The minimum Gasteiger partial charge on any atom is -0.335 e. The Morgan fingerprint density at radius 3 is 2.42 bits per heavy atom.